The highest BCUT2D eigenvalue weighted by Crippen LogP contribution is 2.22. The molecule has 0 aliphatic heterocycles. The highest BCUT2D eigenvalue weighted by atomic mass is 19.3. The molecule has 0 saturated carbocycles. The SMILES string of the molecule is C[C@@H](NC(=O)Cc1cn(C)c2ccccc12)c1ccc(OC(F)F)cc1. The largest absolute Gasteiger partial charge is 0.435 e. The van der Waals surface area contributed by atoms with Crippen LogP contribution in [0.15, 0.2) is 54.7 Å². The lowest BCUT2D eigenvalue weighted by Gasteiger charge is -2.15. The number of hydrogen-bond acceptors (Lipinski definition) is 2. The first kappa shape index (κ1) is 17.9. The van der Waals surface area contributed by atoms with Crippen molar-refractivity contribution in [1.29, 1.82) is 0 Å². The van der Waals surface area contributed by atoms with Crippen molar-refractivity contribution >= 4 is 16.8 Å². The molecule has 0 saturated heterocycles. The molecule has 1 aromatic heterocycles. The van der Waals surface area contributed by atoms with E-state index in [1.807, 2.05) is 49.0 Å². The van der Waals surface area contributed by atoms with Crippen LogP contribution >= 0.6 is 0 Å². The molecule has 0 fully saturated rings. The third-order valence-electron chi connectivity index (χ3n) is 4.31. The number of nitrogens with one attached hydrogen (secondary N) is 1. The summed E-state index contributed by atoms with van der Waals surface area (Å²) in [6, 6.07) is 14.0. The second-order valence-electron chi connectivity index (χ2n) is 6.20. The number of carbonyl (C=O) groups is 1. The number of fused-ring (bicyclic) bond motifs is 1. The number of ether oxygens (including phenoxy) is 1. The zero-order valence-corrected chi connectivity index (χ0v) is 14.6. The summed E-state index contributed by atoms with van der Waals surface area (Å²) in [4.78, 5) is 12.4. The van der Waals surface area contributed by atoms with Crippen LogP contribution in [-0.4, -0.2) is 17.1 Å². The topological polar surface area (TPSA) is 43.3 Å². The molecule has 0 unspecified atom stereocenters. The van der Waals surface area contributed by atoms with E-state index < -0.39 is 6.61 Å². The Kier molecular flexibility index (Phi) is 5.21. The first-order chi connectivity index (χ1) is 12.4. The molecule has 1 heterocycles. The Bertz CT molecular complexity index is 904. The lowest BCUT2D eigenvalue weighted by atomic mass is 10.1. The van der Waals surface area contributed by atoms with Crippen LogP contribution in [0.4, 0.5) is 8.78 Å². The van der Waals surface area contributed by atoms with Crippen LogP contribution in [0.2, 0.25) is 0 Å². The van der Waals surface area contributed by atoms with Crippen molar-refractivity contribution in [2.45, 2.75) is 26.0 Å². The van der Waals surface area contributed by atoms with Gasteiger partial charge in [-0.3, -0.25) is 4.79 Å². The molecule has 1 N–H and O–H groups in total. The number of benzene rings is 2. The minimum absolute atomic E-state index is 0.0954. The third-order valence-corrected chi connectivity index (χ3v) is 4.31. The highest BCUT2D eigenvalue weighted by molar-refractivity contribution is 5.89. The number of hydrogen-bond donors (Lipinski definition) is 1. The number of para-hydroxylation sites is 1. The average molecular weight is 358 g/mol. The average Bonchev–Trinajstić information content (AvgIpc) is 2.91. The van der Waals surface area contributed by atoms with Gasteiger partial charge in [0.15, 0.2) is 0 Å². The van der Waals surface area contributed by atoms with Crippen molar-refractivity contribution in [3.8, 4) is 5.75 Å². The van der Waals surface area contributed by atoms with Gasteiger partial charge in [-0.05, 0) is 36.2 Å². The quantitative estimate of drug-likeness (QED) is 0.718. The van der Waals surface area contributed by atoms with Gasteiger partial charge in [-0.15, -0.1) is 0 Å². The maximum absolute atomic E-state index is 12.4. The Morgan fingerprint density at radius 2 is 1.85 bits per heavy atom. The van der Waals surface area contributed by atoms with Gasteiger partial charge in [-0.2, -0.15) is 8.78 Å². The van der Waals surface area contributed by atoms with Crippen molar-refractivity contribution in [3.63, 3.8) is 0 Å². The summed E-state index contributed by atoms with van der Waals surface area (Å²) in [5, 5.41) is 4.00. The Morgan fingerprint density at radius 3 is 2.54 bits per heavy atom. The van der Waals surface area contributed by atoms with E-state index in [-0.39, 0.29) is 24.1 Å². The maximum Gasteiger partial charge on any atom is 0.387 e. The molecule has 3 rings (SSSR count). The molecule has 4 nitrogen and oxygen atoms in total. The second kappa shape index (κ2) is 7.56. The summed E-state index contributed by atoms with van der Waals surface area (Å²) in [7, 11) is 1.95. The Balaban J connectivity index is 1.65. The van der Waals surface area contributed by atoms with Crippen molar-refractivity contribution in [2.24, 2.45) is 7.05 Å². The van der Waals surface area contributed by atoms with E-state index in [0.29, 0.717) is 0 Å². The predicted octanol–water partition coefficient (Wildman–Crippen LogP) is 4.20. The number of nitrogens with zero attached hydrogens (tertiary/aromatic N) is 1. The van der Waals surface area contributed by atoms with Crippen LogP contribution in [0.25, 0.3) is 10.9 Å². The molecular formula is C20H20F2N2O2. The van der Waals surface area contributed by atoms with E-state index in [4.69, 9.17) is 0 Å². The highest BCUT2D eigenvalue weighted by Gasteiger charge is 2.14. The molecule has 26 heavy (non-hydrogen) atoms. The molecule has 3 aromatic rings. The molecule has 0 radical (unpaired) electrons. The molecule has 2 aromatic carbocycles. The van der Waals surface area contributed by atoms with Gasteiger partial charge in [0.25, 0.3) is 0 Å². The van der Waals surface area contributed by atoms with Crippen LogP contribution in [0.1, 0.15) is 24.1 Å². The van der Waals surface area contributed by atoms with E-state index in [0.717, 1.165) is 22.0 Å². The standard InChI is InChI=1S/C20H20F2N2O2/c1-13(14-7-9-16(10-8-14)26-20(21)22)23-19(25)11-15-12-24(2)18-6-4-3-5-17(15)18/h3-10,12-13,20H,11H2,1-2H3,(H,23,25)/t13-/m1/s1. The lowest BCUT2D eigenvalue weighted by Crippen LogP contribution is -2.28. The van der Waals surface area contributed by atoms with Crippen molar-refractivity contribution < 1.29 is 18.3 Å². The monoisotopic (exact) mass is 358 g/mol. The van der Waals surface area contributed by atoms with Crippen molar-refractivity contribution in [1.82, 2.24) is 9.88 Å². The number of rotatable bonds is 6. The normalized spacial score (nSPS) is 12.3. The van der Waals surface area contributed by atoms with Crippen molar-refractivity contribution in [3.05, 3.63) is 65.9 Å². The van der Waals surface area contributed by atoms with E-state index in [2.05, 4.69) is 10.1 Å². The predicted molar refractivity (Wildman–Crippen MR) is 96.3 cm³/mol. The van der Waals surface area contributed by atoms with Gasteiger partial charge < -0.3 is 14.6 Å². The molecule has 0 spiro atoms. The number of halogens is 2. The van der Waals surface area contributed by atoms with E-state index >= 15 is 0 Å². The summed E-state index contributed by atoms with van der Waals surface area (Å²) in [6.45, 7) is -0.997. The number of aromatic nitrogens is 1. The van der Waals surface area contributed by atoms with Gasteiger partial charge in [0, 0.05) is 24.1 Å². The molecule has 0 aliphatic carbocycles. The summed E-state index contributed by atoms with van der Waals surface area (Å²) < 4.78 is 30.7. The number of carbonyl (C=O) groups excluding carboxylic acids is 1. The third kappa shape index (κ3) is 4.02. The van der Waals surface area contributed by atoms with E-state index in [1.165, 1.54) is 12.1 Å². The first-order valence-corrected chi connectivity index (χ1v) is 8.31. The van der Waals surface area contributed by atoms with Crippen LogP contribution in [0.3, 0.4) is 0 Å². The van der Waals surface area contributed by atoms with E-state index in [9.17, 15) is 13.6 Å². The van der Waals surface area contributed by atoms with Gasteiger partial charge in [0.1, 0.15) is 5.75 Å². The molecule has 0 aliphatic rings. The van der Waals surface area contributed by atoms with Gasteiger partial charge in [-0.25, -0.2) is 0 Å². The fourth-order valence-corrected chi connectivity index (χ4v) is 3.05. The smallest absolute Gasteiger partial charge is 0.387 e. The minimum atomic E-state index is -2.85. The van der Waals surface area contributed by atoms with Crippen LogP contribution in [-0.2, 0) is 18.3 Å². The molecule has 6 heteroatoms. The molecular weight excluding hydrogens is 338 g/mol. The fraction of sp³-hybridized carbons (Fsp3) is 0.250. The Labute approximate surface area is 150 Å². The maximum atomic E-state index is 12.4. The fourth-order valence-electron chi connectivity index (χ4n) is 3.05. The number of amides is 1. The zero-order valence-electron chi connectivity index (χ0n) is 14.6. The Morgan fingerprint density at radius 1 is 1.15 bits per heavy atom. The lowest BCUT2D eigenvalue weighted by molar-refractivity contribution is -0.121. The Hall–Kier alpha value is -2.89. The minimum Gasteiger partial charge on any atom is -0.435 e. The zero-order chi connectivity index (χ0) is 18.7. The van der Waals surface area contributed by atoms with Crippen LogP contribution in [0, 0.1) is 0 Å². The molecule has 136 valence electrons. The van der Waals surface area contributed by atoms with Crippen molar-refractivity contribution in [2.75, 3.05) is 0 Å². The summed E-state index contributed by atoms with van der Waals surface area (Å²) in [6.07, 6.45) is 2.24. The summed E-state index contributed by atoms with van der Waals surface area (Å²) in [5.74, 6) is -0.000193. The second-order valence-corrected chi connectivity index (χ2v) is 6.20. The van der Waals surface area contributed by atoms with E-state index in [1.54, 1.807) is 12.1 Å². The van der Waals surface area contributed by atoms with Gasteiger partial charge >= 0.3 is 6.61 Å². The summed E-state index contributed by atoms with van der Waals surface area (Å²) >= 11 is 0. The van der Waals surface area contributed by atoms with Crippen LogP contribution in [0.5, 0.6) is 5.75 Å². The summed E-state index contributed by atoms with van der Waals surface area (Å²) in [5.41, 5.74) is 2.87. The number of alkyl halides is 2. The van der Waals surface area contributed by atoms with Gasteiger partial charge in [-0.1, -0.05) is 30.3 Å². The first-order valence-electron chi connectivity index (χ1n) is 8.31. The van der Waals surface area contributed by atoms with Crippen LogP contribution < -0.4 is 10.1 Å². The molecule has 1 amide bonds. The molecule has 0 bridgehead atoms. The number of aryl methyl sites for hydroxylation is 1. The van der Waals surface area contributed by atoms with Gasteiger partial charge in [0.2, 0.25) is 5.91 Å². The van der Waals surface area contributed by atoms with Gasteiger partial charge in [0.05, 0.1) is 12.5 Å². The molecule has 1 atom stereocenters.